The van der Waals surface area contributed by atoms with Crippen molar-refractivity contribution in [2.24, 2.45) is 4.99 Å². The summed E-state index contributed by atoms with van der Waals surface area (Å²) in [5.74, 6) is 2.05. The van der Waals surface area contributed by atoms with E-state index in [9.17, 15) is 4.79 Å². The molecule has 9 nitrogen and oxygen atoms in total. The quantitative estimate of drug-likeness (QED) is 0.427. The fourth-order valence-electron chi connectivity index (χ4n) is 3.72. The highest BCUT2D eigenvalue weighted by molar-refractivity contribution is 6.10. The lowest BCUT2D eigenvalue weighted by atomic mass is 10.2. The summed E-state index contributed by atoms with van der Waals surface area (Å²) >= 11 is 0. The maximum Gasteiger partial charge on any atom is 0.257 e. The zero-order valence-electron chi connectivity index (χ0n) is 19.8. The molecule has 1 amide bonds. The van der Waals surface area contributed by atoms with E-state index in [0.717, 1.165) is 29.2 Å². The van der Waals surface area contributed by atoms with Crippen LogP contribution in [0.2, 0.25) is 0 Å². The Kier molecular flexibility index (Phi) is 7.01. The number of amides is 1. The number of hydrogen-bond donors (Lipinski definition) is 2. The van der Waals surface area contributed by atoms with Crippen LogP contribution in [-0.2, 0) is 13.1 Å². The van der Waals surface area contributed by atoms with Crippen LogP contribution in [0.1, 0.15) is 34.2 Å². The number of nitrogens with zero attached hydrogens (tertiary/aromatic N) is 3. The molecule has 3 aromatic rings. The van der Waals surface area contributed by atoms with Crippen LogP contribution in [0.3, 0.4) is 0 Å². The lowest BCUT2D eigenvalue weighted by Crippen LogP contribution is -2.36. The van der Waals surface area contributed by atoms with E-state index in [2.05, 4.69) is 22.7 Å². The van der Waals surface area contributed by atoms with Crippen molar-refractivity contribution in [1.29, 1.82) is 0 Å². The molecule has 0 aliphatic carbocycles. The van der Waals surface area contributed by atoms with Crippen LogP contribution in [0.25, 0.3) is 0 Å². The number of ether oxygens (including phenoxy) is 3. The molecule has 0 fully saturated rings. The number of methoxy groups -OCH3 is 1. The third kappa shape index (κ3) is 5.14. The van der Waals surface area contributed by atoms with Crippen LogP contribution in [0, 0.1) is 13.8 Å². The molecular formula is C25H29N5O4. The number of anilines is 1. The number of aryl methyl sites for hydroxylation is 2. The molecule has 9 heteroatoms. The summed E-state index contributed by atoms with van der Waals surface area (Å²) in [6, 6.07) is 12.4. The molecular weight excluding hydrogens is 434 g/mol. The first-order valence-electron chi connectivity index (χ1n) is 11.2. The van der Waals surface area contributed by atoms with Gasteiger partial charge in [0.15, 0.2) is 11.5 Å². The van der Waals surface area contributed by atoms with E-state index in [0.29, 0.717) is 48.5 Å². The van der Waals surface area contributed by atoms with Crippen LogP contribution in [0.4, 0.5) is 5.69 Å². The Hall–Kier alpha value is -4.01. The second-order valence-corrected chi connectivity index (χ2v) is 7.80. The average molecular weight is 464 g/mol. The molecule has 0 radical (unpaired) electrons. The van der Waals surface area contributed by atoms with Gasteiger partial charge in [0.1, 0.15) is 19.0 Å². The van der Waals surface area contributed by atoms with Crippen LogP contribution in [-0.4, -0.2) is 42.0 Å². The number of aliphatic imine (C=N–C) groups is 1. The predicted octanol–water partition coefficient (Wildman–Crippen LogP) is 3.70. The molecule has 4 rings (SSSR count). The largest absolute Gasteiger partial charge is 0.497 e. The van der Waals surface area contributed by atoms with Crippen molar-refractivity contribution in [3.05, 3.63) is 65.0 Å². The SMILES string of the molecule is CCn1nc(C)c(CN=C(NC(=O)c2ccc(OC)cc2)Nc2ccc3c(c2)OCCO3)c1C. The number of nitrogens with one attached hydrogen (secondary N) is 2. The lowest BCUT2D eigenvalue weighted by Gasteiger charge is -2.19. The van der Waals surface area contributed by atoms with E-state index in [1.807, 2.05) is 36.7 Å². The highest BCUT2D eigenvalue weighted by Gasteiger charge is 2.15. The number of aromatic nitrogens is 2. The normalized spacial score (nSPS) is 12.9. The van der Waals surface area contributed by atoms with Crippen LogP contribution in [0.15, 0.2) is 47.5 Å². The molecule has 0 atom stereocenters. The molecule has 178 valence electrons. The summed E-state index contributed by atoms with van der Waals surface area (Å²) in [6.07, 6.45) is 0. The van der Waals surface area contributed by atoms with Gasteiger partial charge in [0, 0.05) is 35.1 Å². The molecule has 2 aromatic carbocycles. The van der Waals surface area contributed by atoms with E-state index in [4.69, 9.17) is 19.2 Å². The molecule has 2 N–H and O–H groups in total. The summed E-state index contributed by atoms with van der Waals surface area (Å²) < 4.78 is 18.4. The number of guanidine groups is 1. The molecule has 0 unspecified atom stereocenters. The van der Waals surface area contributed by atoms with Gasteiger partial charge in [-0.3, -0.25) is 14.8 Å². The Morgan fingerprint density at radius 2 is 1.85 bits per heavy atom. The minimum absolute atomic E-state index is 0.288. The van der Waals surface area contributed by atoms with Gasteiger partial charge in [-0.1, -0.05) is 0 Å². The van der Waals surface area contributed by atoms with Crippen LogP contribution in [0.5, 0.6) is 17.2 Å². The van der Waals surface area contributed by atoms with Gasteiger partial charge in [-0.25, -0.2) is 4.99 Å². The Balaban J connectivity index is 1.59. The molecule has 0 bridgehead atoms. The second kappa shape index (κ2) is 10.3. The summed E-state index contributed by atoms with van der Waals surface area (Å²) in [7, 11) is 1.59. The number of hydrogen-bond acceptors (Lipinski definition) is 6. The Morgan fingerprint density at radius 1 is 1.12 bits per heavy atom. The van der Waals surface area contributed by atoms with Crippen molar-refractivity contribution in [3.8, 4) is 17.2 Å². The van der Waals surface area contributed by atoms with E-state index in [-0.39, 0.29) is 5.91 Å². The van der Waals surface area contributed by atoms with Crippen molar-refractivity contribution in [3.63, 3.8) is 0 Å². The number of carbonyl (C=O) groups excluding carboxylic acids is 1. The van der Waals surface area contributed by atoms with Crippen molar-refractivity contribution in [1.82, 2.24) is 15.1 Å². The van der Waals surface area contributed by atoms with Gasteiger partial charge in [-0.15, -0.1) is 0 Å². The minimum atomic E-state index is -0.288. The highest BCUT2D eigenvalue weighted by Crippen LogP contribution is 2.32. The standard InChI is InChI=1S/C25H29N5O4/c1-5-30-17(3)21(16(2)29-30)15-26-25(28-24(31)18-6-9-20(32-4)10-7-18)27-19-8-11-22-23(14-19)34-13-12-33-22/h6-11,14H,5,12-13,15H2,1-4H3,(H2,26,27,28,31). The molecule has 0 saturated heterocycles. The average Bonchev–Trinajstić information content (AvgIpc) is 3.14. The first-order valence-corrected chi connectivity index (χ1v) is 11.2. The van der Waals surface area contributed by atoms with Gasteiger partial charge < -0.3 is 19.5 Å². The summed E-state index contributed by atoms with van der Waals surface area (Å²) in [4.78, 5) is 17.6. The number of fused-ring (bicyclic) bond motifs is 1. The van der Waals surface area contributed by atoms with Gasteiger partial charge in [0.05, 0.1) is 19.3 Å². The summed E-state index contributed by atoms with van der Waals surface area (Å²) in [5.41, 5.74) is 4.22. The maximum absolute atomic E-state index is 12.9. The van der Waals surface area contributed by atoms with E-state index >= 15 is 0 Å². The Morgan fingerprint density at radius 3 is 2.53 bits per heavy atom. The summed E-state index contributed by atoms with van der Waals surface area (Å²) in [6.45, 7) is 8.21. The smallest absolute Gasteiger partial charge is 0.257 e. The Bertz CT molecular complexity index is 1200. The number of carbonyl (C=O) groups is 1. The molecule has 1 aromatic heterocycles. The first kappa shape index (κ1) is 23.2. The van der Waals surface area contributed by atoms with Crippen molar-refractivity contribution < 1.29 is 19.0 Å². The van der Waals surface area contributed by atoms with Crippen LogP contribution < -0.4 is 24.8 Å². The molecule has 2 heterocycles. The fraction of sp³-hybridized carbons (Fsp3) is 0.320. The van der Waals surface area contributed by atoms with Gasteiger partial charge in [-0.05, 0) is 57.2 Å². The number of benzene rings is 2. The highest BCUT2D eigenvalue weighted by atomic mass is 16.6. The Labute approximate surface area is 198 Å². The zero-order valence-corrected chi connectivity index (χ0v) is 19.8. The lowest BCUT2D eigenvalue weighted by molar-refractivity contribution is 0.0977. The predicted molar refractivity (Wildman–Crippen MR) is 130 cm³/mol. The van der Waals surface area contributed by atoms with Crippen molar-refractivity contribution in [2.45, 2.75) is 33.9 Å². The van der Waals surface area contributed by atoms with E-state index in [1.165, 1.54) is 0 Å². The van der Waals surface area contributed by atoms with E-state index in [1.54, 1.807) is 31.4 Å². The topological polar surface area (TPSA) is 99.0 Å². The molecule has 0 spiro atoms. The van der Waals surface area contributed by atoms with Gasteiger partial charge in [-0.2, -0.15) is 5.10 Å². The zero-order chi connectivity index (χ0) is 24.1. The molecule has 1 aliphatic rings. The van der Waals surface area contributed by atoms with Gasteiger partial charge >= 0.3 is 0 Å². The summed E-state index contributed by atoms with van der Waals surface area (Å²) in [5, 5.41) is 10.7. The molecule has 34 heavy (non-hydrogen) atoms. The van der Waals surface area contributed by atoms with Crippen LogP contribution >= 0.6 is 0 Å². The first-order chi connectivity index (χ1) is 16.5. The monoisotopic (exact) mass is 463 g/mol. The minimum Gasteiger partial charge on any atom is -0.497 e. The van der Waals surface area contributed by atoms with Crippen molar-refractivity contribution in [2.75, 3.05) is 25.6 Å². The maximum atomic E-state index is 12.9. The number of rotatable bonds is 6. The second-order valence-electron chi connectivity index (χ2n) is 7.80. The van der Waals surface area contributed by atoms with Gasteiger partial charge in [0.25, 0.3) is 5.91 Å². The third-order valence-electron chi connectivity index (χ3n) is 5.62. The van der Waals surface area contributed by atoms with Crippen molar-refractivity contribution >= 4 is 17.6 Å². The third-order valence-corrected chi connectivity index (χ3v) is 5.62. The molecule has 1 aliphatic heterocycles. The fourth-order valence-corrected chi connectivity index (χ4v) is 3.72. The molecule has 0 saturated carbocycles. The van der Waals surface area contributed by atoms with E-state index < -0.39 is 0 Å². The van der Waals surface area contributed by atoms with Gasteiger partial charge in [0.2, 0.25) is 5.96 Å².